The number of para-hydroxylation sites is 2. The Balaban J connectivity index is 1.56. The SMILES string of the molecule is CN(C)C(=O)C1CN(C(=O)Cc2csc(-c3ccco3)n2)c2ccccc2O1. The minimum Gasteiger partial charge on any atom is -0.476 e. The van der Waals surface area contributed by atoms with Gasteiger partial charge in [0.2, 0.25) is 5.91 Å². The minimum atomic E-state index is -0.733. The number of aromatic nitrogens is 1. The van der Waals surface area contributed by atoms with E-state index >= 15 is 0 Å². The molecule has 1 aliphatic heterocycles. The van der Waals surface area contributed by atoms with Crippen molar-refractivity contribution in [2.75, 3.05) is 25.5 Å². The fraction of sp³-hybridized carbons (Fsp3) is 0.250. The molecule has 2 aromatic heterocycles. The topological polar surface area (TPSA) is 75.9 Å². The molecule has 1 aromatic carbocycles. The summed E-state index contributed by atoms with van der Waals surface area (Å²) >= 11 is 1.43. The maximum atomic E-state index is 13.1. The summed E-state index contributed by atoms with van der Waals surface area (Å²) in [5, 5.41) is 2.58. The molecule has 1 unspecified atom stereocenters. The van der Waals surface area contributed by atoms with Crippen molar-refractivity contribution in [2.45, 2.75) is 12.5 Å². The quantitative estimate of drug-likeness (QED) is 0.677. The van der Waals surface area contributed by atoms with E-state index in [1.165, 1.54) is 16.2 Å². The van der Waals surface area contributed by atoms with Gasteiger partial charge in [-0.1, -0.05) is 12.1 Å². The average molecular weight is 397 g/mol. The lowest BCUT2D eigenvalue weighted by Crippen LogP contribution is -2.50. The molecule has 8 heteroatoms. The van der Waals surface area contributed by atoms with Gasteiger partial charge in [-0.2, -0.15) is 0 Å². The molecule has 3 aromatic rings. The zero-order valence-corrected chi connectivity index (χ0v) is 16.3. The van der Waals surface area contributed by atoms with Gasteiger partial charge in [-0.15, -0.1) is 11.3 Å². The number of carbonyl (C=O) groups excluding carboxylic acids is 2. The largest absolute Gasteiger partial charge is 0.476 e. The number of nitrogens with zero attached hydrogens (tertiary/aromatic N) is 3. The van der Waals surface area contributed by atoms with Gasteiger partial charge in [0.25, 0.3) is 5.91 Å². The molecule has 0 saturated heterocycles. The second-order valence-corrected chi connectivity index (χ2v) is 7.47. The minimum absolute atomic E-state index is 0.133. The Morgan fingerprint density at radius 3 is 2.82 bits per heavy atom. The lowest BCUT2D eigenvalue weighted by atomic mass is 10.1. The van der Waals surface area contributed by atoms with Gasteiger partial charge in [0.15, 0.2) is 16.9 Å². The van der Waals surface area contributed by atoms with Gasteiger partial charge >= 0.3 is 0 Å². The molecular formula is C20H19N3O4S. The number of thiazole rings is 1. The maximum absolute atomic E-state index is 13.1. The Labute approximate surface area is 166 Å². The summed E-state index contributed by atoms with van der Waals surface area (Å²) in [6.07, 6.45) is 0.991. The van der Waals surface area contributed by atoms with Crippen LogP contribution in [0.15, 0.2) is 52.5 Å². The highest BCUT2D eigenvalue weighted by molar-refractivity contribution is 7.13. The first-order valence-corrected chi connectivity index (χ1v) is 9.66. The van der Waals surface area contributed by atoms with Crippen LogP contribution in [-0.2, 0) is 16.0 Å². The van der Waals surface area contributed by atoms with E-state index in [1.807, 2.05) is 29.6 Å². The van der Waals surface area contributed by atoms with Crippen LogP contribution in [0.25, 0.3) is 10.8 Å². The number of carbonyl (C=O) groups is 2. The fourth-order valence-electron chi connectivity index (χ4n) is 3.04. The summed E-state index contributed by atoms with van der Waals surface area (Å²) in [6, 6.07) is 10.9. The maximum Gasteiger partial charge on any atom is 0.265 e. The highest BCUT2D eigenvalue weighted by Crippen LogP contribution is 2.34. The third-order valence-corrected chi connectivity index (χ3v) is 5.31. The number of anilines is 1. The molecule has 0 N–H and O–H groups in total. The number of amides is 2. The Morgan fingerprint density at radius 2 is 2.07 bits per heavy atom. The number of benzene rings is 1. The lowest BCUT2D eigenvalue weighted by molar-refractivity contribution is -0.136. The molecule has 144 valence electrons. The second-order valence-electron chi connectivity index (χ2n) is 6.61. The van der Waals surface area contributed by atoms with E-state index in [1.54, 1.807) is 37.4 Å². The summed E-state index contributed by atoms with van der Waals surface area (Å²) in [6.45, 7) is 0.169. The third kappa shape index (κ3) is 3.50. The highest BCUT2D eigenvalue weighted by atomic mass is 32.1. The van der Waals surface area contributed by atoms with E-state index in [-0.39, 0.29) is 24.8 Å². The molecule has 0 spiro atoms. The van der Waals surface area contributed by atoms with Gasteiger partial charge in [0.1, 0.15) is 5.75 Å². The van der Waals surface area contributed by atoms with E-state index < -0.39 is 6.10 Å². The number of hydrogen-bond donors (Lipinski definition) is 0. The molecule has 1 aliphatic rings. The Bertz CT molecular complexity index is 997. The summed E-state index contributed by atoms with van der Waals surface area (Å²) in [5.74, 6) is 0.888. The molecule has 2 amide bonds. The van der Waals surface area contributed by atoms with Crippen LogP contribution in [0.5, 0.6) is 5.75 Å². The molecular weight excluding hydrogens is 378 g/mol. The third-order valence-electron chi connectivity index (χ3n) is 4.41. The zero-order valence-electron chi connectivity index (χ0n) is 15.5. The van der Waals surface area contributed by atoms with Crippen molar-refractivity contribution in [3.8, 4) is 16.5 Å². The fourth-order valence-corrected chi connectivity index (χ4v) is 3.83. The van der Waals surface area contributed by atoms with Crippen LogP contribution in [-0.4, -0.2) is 48.4 Å². The average Bonchev–Trinajstić information content (AvgIpc) is 3.38. The van der Waals surface area contributed by atoms with E-state index in [4.69, 9.17) is 9.15 Å². The molecule has 0 aliphatic carbocycles. The van der Waals surface area contributed by atoms with Crippen LogP contribution in [0, 0.1) is 0 Å². The van der Waals surface area contributed by atoms with Crippen molar-refractivity contribution in [3.63, 3.8) is 0 Å². The molecule has 0 radical (unpaired) electrons. The number of rotatable bonds is 4. The van der Waals surface area contributed by atoms with Crippen LogP contribution in [0.1, 0.15) is 5.69 Å². The molecule has 0 bridgehead atoms. The van der Waals surface area contributed by atoms with E-state index in [9.17, 15) is 9.59 Å². The monoisotopic (exact) mass is 397 g/mol. The second kappa shape index (κ2) is 7.47. The van der Waals surface area contributed by atoms with Gasteiger partial charge in [-0.25, -0.2) is 4.98 Å². The first-order valence-electron chi connectivity index (χ1n) is 8.78. The van der Waals surface area contributed by atoms with Crippen LogP contribution in [0.4, 0.5) is 5.69 Å². The number of likely N-dealkylation sites (N-methyl/N-ethyl adjacent to an activating group) is 1. The number of hydrogen-bond acceptors (Lipinski definition) is 6. The van der Waals surface area contributed by atoms with Crippen LogP contribution in [0.2, 0.25) is 0 Å². The van der Waals surface area contributed by atoms with E-state index in [0.717, 1.165) is 5.01 Å². The van der Waals surface area contributed by atoms with Gasteiger partial charge in [0, 0.05) is 19.5 Å². The molecule has 0 saturated carbocycles. The van der Waals surface area contributed by atoms with Gasteiger partial charge in [-0.05, 0) is 24.3 Å². The number of fused-ring (bicyclic) bond motifs is 1. The summed E-state index contributed by atoms with van der Waals surface area (Å²) in [7, 11) is 3.34. The summed E-state index contributed by atoms with van der Waals surface area (Å²) < 4.78 is 11.2. The van der Waals surface area contributed by atoms with Gasteiger partial charge < -0.3 is 19.0 Å². The summed E-state index contributed by atoms with van der Waals surface area (Å²) in [4.78, 5) is 33.0. The van der Waals surface area contributed by atoms with Crippen molar-refractivity contribution < 1.29 is 18.7 Å². The van der Waals surface area contributed by atoms with Crippen molar-refractivity contribution in [1.29, 1.82) is 0 Å². The number of furan rings is 1. The Hall–Kier alpha value is -3.13. The lowest BCUT2D eigenvalue weighted by Gasteiger charge is -2.35. The standard InChI is InChI=1S/C20H19N3O4S/c1-22(2)20(25)17-11-23(14-6-3-4-7-15(14)27-17)18(24)10-13-12-28-19(21-13)16-8-5-9-26-16/h3-9,12,17H,10-11H2,1-2H3. The molecule has 1 atom stereocenters. The van der Waals surface area contributed by atoms with Crippen molar-refractivity contribution in [2.24, 2.45) is 0 Å². The van der Waals surface area contributed by atoms with Crippen molar-refractivity contribution >= 4 is 28.8 Å². The predicted octanol–water partition coefficient (Wildman–Crippen LogP) is 2.83. The first-order chi connectivity index (χ1) is 13.5. The molecule has 28 heavy (non-hydrogen) atoms. The predicted molar refractivity (Wildman–Crippen MR) is 105 cm³/mol. The number of ether oxygens (including phenoxy) is 1. The molecule has 4 rings (SSSR count). The molecule has 0 fully saturated rings. The first kappa shape index (κ1) is 18.2. The van der Waals surface area contributed by atoms with Gasteiger partial charge in [0.05, 0.1) is 30.6 Å². The van der Waals surface area contributed by atoms with Crippen LogP contribution >= 0.6 is 11.3 Å². The summed E-state index contributed by atoms with van der Waals surface area (Å²) in [5.41, 5.74) is 1.33. The van der Waals surface area contributed by atoms with Crippen LogP contribution < -0.4 is 9.64 Å². The van der Waals surface area contributed by atoms with Crippen molar-refractivity contribution in [3.05, 3.63) is 53.7 Å². The van der Waals surface area contributed by atoms with Gasteiger partial charge in [-0.3, -0.25) is 9.59 Å². The van der Waals surface area contributed by atoms with E-state index in [0.29, 0.717) is 22.9 Å². The normalized spacial score (nSPS) is 15.6. The van der Waals surface area contributed by atoms with Crippen LogP contribution in [0.3, 0.4) is 0 Å². The zero-order chi connectivity index (χ0) is 19.7. The van der Waals surface area contributed by atoms with Crippen molar-refractivity contribution in [1.82, 2.24) is 9.88 Å². The molecule has 7 nitrogen and oxygen atoms in total. The van der Waals surface area contributed by atoms with E-state index in [2.05, 4.69) is 4.98 Å². The Morgan fingerprint density at radius 1 is 1.25 bits per heavy atom. The highest BCUT2D eigenvalue weighted by Gasteiger charge is 2.34. The Kier molecular flexibility index (Phi) is 4.87. The smallest absolute Gasteiger partial charge is 0.265 e. The molecule has 3 heterocycles.